The summed E-state index contributed by atoms with van der Waals surface area (Å²) in [5.74, 6) is 0. The molecular weight excluding hydrogens is 156 g/mol. The summed E-state index contributed by atoms with van der Waals surface area (Å²) in [4.78, 5) is 9.93. The highest BCUT2D eigenvalue weighted by molar-refractivity contribution is 7.08. The highest BCUT2D eigenvalue weighted by Gasteiger charge is 1.83. The van der Waals surface area contributed by atoms with Crippen LogP contribution in [0.15, 0.2) is 22.9 Å². The van der Waals surface area contributed by atoms with E-state index < -0.39 is 0 Å². The molecule has 0 amide bonds. The summed E-state index contributed by atoms with van der Waals surface area (Å²) in [6, 6.07) is 2.06. The van der Waals surface area contributed by atoms with E-state index in [2.05, 4.69) is 11.4 Å². The topological polar surface area (TPSA) is 17.1 Å². The van der Waals surface area contributed by atoms with E-state index in [1.807, 2.05) is 17.5 Å². The lowest BCUT2D eigenvalue weighted by atomic mass is 10.2. The van der Waals surface area contributed by atoms with Crippen molar-refractivity contribution in [1.82, 2.24) is 0 Å². The third-order valence-corrected chi connectivity index (χ3v) is 2.01. The molecule has 0 aliphatic carbocycles. The van der Waals surface area contributed by atoms with Gasteiger partial charge in [0.25, 0.3) is 0 Å². The lowest BCUT2D eigenvalue weighted by molar-refractivity contribution is -0.107. The van der Waals surface area contributed by atoms with Gasteiger partial charge >= 0.3 is 0 Å². The van der Waals surface area contributed by atoms with Crippen molar-refractivity contribution in [3.63, 3.8) is 0 Å². The average molecular weight is 166 g/mol. The molecule has 11 heavy (non-hydrogen) atoms. The van der Waals surface area contributed by atoms with E-state index in [1.54, 1.807) is 11.3 Å². The second-order valence-electron chi connectivity index (χ2n) is 2.20. The van der Waals surface area contributed by atoms with Gasteiger partial charge in [-0.3, -0.25) is 0 Å². The fraction of sp³-hybridized carbons (Fsp3) is 0.222. The van der Waals surface area contributed by atoms with Crippen molar-refractivity contribution in [2.24, 2.45) is 0 Å². The third kappa shape index (κ3) is 3.14. The molecular formula is C9H10OS. The lowest BCUT2D eigenvalue weighted by Gasteiger charge is -1.82. The number of carbonyl (C=O) groups excluding carboxylic acids is 1. The van der Waals surface area contributed by atoms with Gasteiger partial charge in [0, 0.05) is 6.42 Å². The average Bonchev–Trinajstić information content (AvgIpc) is 2.50. The summed E-state index contributed by atoms with van der Waals surface area (Å²) in [5.41, 5.74) is 1.22. The van der Waals surface area contributed by atoms with Crippen LogP contribution < -0.4 is 0 Å². The Hall–Kier alpha value is -0.890. The molecule has 0 unspecified atom stereocenters. The van der Waals surface area contributed by atoms with Gasteiger partial charge in [0.15, 0.2) is 0 Å². The fourth-order valence-corrected chi connectivity index (χ4v) is 1.38. The Kier molecular flexibility index (Phi) is 3.62. The van der Waals surface area contributed by atoms with Crippen LogP contribution in [-0.4, -0.2) is 6.29 Å². The van der Waals surface area contributed by atoms with Crippen LogP contribution in [0.3, 0.4) is 0 Å². The molecule has 0 bridgehead atoms. The molecule has 0 fully saturated rings. The van der Waals surface area contributed by atoms with Crippen molar-refractivity contribution < 1.29 is 4.79 Å². The van der Waals surface area contributed by atoms with E-state index in [0.717, 1.165) is 12.7 Å². The minimum atomic E-state index is 0.626. The molecule has 0 spiro atoms. The molecule has 1 rings (SSSR count). The second kappa shape index (κ2) is 4.85. The minimum absolute atomic E-state index is 0.626. The van der Waals surface area contributed by atoms with Crippen LogP contribution in [0.4, 0.5) is 0 Å². The van der Waals surface area contributed by atoms with Crippen LogP contribution in [0.1, 0.15) is 18.4 Å². The van der Waals surface area contributed by atoms with E-state index in [1.165, 1.54) is 5.56 Å². The van der Waals surface area contributed by atoms with Gasteiger partial charge in [0.2, 0.25) is 0 Å². The predicted octanol–water partition coefficient (Wildman–Crippen LogP) is 2.74. The van der Waals surface area contributed by atoms with E-state index in [9.17, 15) is 4.79 Å². The van der Waals surface area contributed by atoms with Crippen LogP contribution >= 0.6 is 11.3 Å². The first-order valence-electron chi connectivity index (χ1n) is 3.56. The van der Waals surface area contributed by atoms with Crippen LogP contribution in [0.25, 0.3) is 6.08 Å². The van der Waals surface area contributed by atoms with Crippen LogP contribution in [-0.2, 0) is 4.79 Å². The van der Waals surface area contributed by atoms with Gasteiger partial charge in [-0.1, -0.05) is 12.2 Å². The van der Waals surface area contributed by atoms with Gasteiger partial charge in [-0.25, -0.2) is 0 Å². The molecule has 0 aliphatic rings. The Bertz CT molecular complexity index is 224. The summed E-state index contributed by atoms with van der Waals surface area (Å²) >= 11 is 1.68. The maximum atomic E-state index is 9.93. The number of allylic oxidation sites excluding steroid dienone is 1. The van der Waals surface area contributed by atoms with Gasteiger partial charge in [0.1, 0.15) is 6.29 Å². The van der Waals surface area contributed by atoms with Crippen molar-refractivity contribution in [3.8, 4) is 0 Å². The number of hydrogen-bond donors (Lipinski definition) is 0. The highest BCUT2D eigenvalue weighted by Crippen LogP contribution is 2.08. The van der Waals surface area contributed by atoms with Crippen LogP contribution in [0.2, 0.25) is 0 Å². The molecule has 0 radical (unpaired) electrons. The SMILES string of the molecule is O=CCCC=Cc1ccsc1. The molecule has 0 aromatic carbocycles. The number of unbranched alkanes of at least 4 members (excludes halogenated alkanes) is 1. The van der Waals surface area contributed by atoms with Crippen molar-refractivity contribution in [1.29, 1.82) is 0 Å². The normalized spacial score (nSPS) is 10.5. The first-order valence-corrected chi connectivity index (χ1v) is 4.50. The fourth-order valence-electron chi connectivity index (χ4n) is 0.754. The molecule has 0 N–H and O–H groups in total. The zero-order chi connectivity index (χ0) is 7.94. The molecule has 0 atom stereocenters. The zero-order valence-corrected chi connectivity index (χ0v) is 7.01. The van der Waals surface area contributed by atoms with Gasteiger partial charge in [-0.2, -0.15) is 11.3 Å². The van der Waals surface area contributed by atoms with Gasteiger partial charge < -0.3 is 4.79 Å². The lowest BCUT2D eigenvalue weighted by Crippen LogP contribution is -1.69. The Morgan fingerprint density at radius 1 is 1.45 bits per heavy atom. The smallest absolute Gasteiger partial charge is 0.120 e. The molecule has 2 heteroatoms. The molecule has 58 valence electrons. The summed E-state index contributed by atoms with van der Waals surface area (Å²) in [7, 11) is 0. The molecule has 1 heterocycles. The third-order valence-electron chi connectivity index (χ3n) is 1.30. The summed E-state index contributed by atoms with van der Waals surface area (Å²) in [5, 5.41) is 4.12. The van der Waals surface area contributed by atoms with E-state index >= 15 is 0 Å². The van der Waals surface area contributed by atoms with E-state index in [0.29, 0.717) is 6.42 Å². The van der Waals surface area contributed by atoms with Crippen LogP contribution in [0.5, 0.6) is 0 Å². The summed E-state index contributed by atoms with van der Waals surface area (Å²) in [6.45, 7) is 0. The maximum absolute atomic E-state index is 9.93. The Balaban J connectivity index is 2.31. The van der Waals surface area contributed by atoms with Crippen molar-refractivity contribution in [2.45, 2.75) is 12.8 Å². The Labute approximate surface area is 70.4 Å². The summed E-state index contributed by atoms with van der Waals surface area (Å²) < 4.78 is 0. The first-order chi connectivity index (χ1) is 5.43. The van der Waals surface area contributed by atoms with Crippen molar-refractivity contribution >= 4 is 23.7 Å². The van der Waals surface area contributed by atoms with Crippen molar-refractivity contribution in [2.75, 3.05) is 0 Å². The predicted molar refractivity (Wildman–Crippen MR) is 48.7 cm³/mol. The van der Waals surface area contributed by atoms with Crippen LogP contribution in [0, 0.1) is 0 Å². The van der Waals surface area contributed by atoms with E-state index in [-0.39, 0.29) is 0 Å². The molecule has 0 saturated carbocycles. The Morgan fingerprint density at radius 3 is 3.00 bits per heavy atom. The second-order valence-corrected chi connectivity index (χ2v) is 2.98. The maximum Gasteiger partial charge on any atom is 0.120 e. The number of aldehydes is 1. The highest BCUT2D eigenvalue weighted by atomic mass is 32.1. The molecule has 0 aliphatic heterocycles. The van der Waals surface area contributed by atoms with Crippen molar-refractivity contribution in [3.05, 3.63) is 28.5 Å². The van der Waals surface area contributed by atoms with Gasteiger partial charge in [-0.05, 0) is 28.8 Å². The minimum Gasteiger partial charge on any atom is -0.303 e. The number of thiophene rings is 1. The zero-order valence-electron chi connectivity index (χ0n) is 6.19. The molecule has 1 nitrogen and oxygen atoms in total. The monoisotopic (exact) mass is 166 g/mol. The Morgan fingerprint density at radius 2 is 2.36 bits per heavy atom. The van der Waals surface area contributed by atoms with E-state index in [4.69, 9.17) is 0 Å². The number of rotatable bonds is 4. The molecule has 0 saturated heterocycles. The van der Waals surface area contributed by atoms with Gasteiger partial charge in [0.05, 0.1) is 0 Å². The quantitative estimate of drug-likeness (QED) is 0.496. The molecule has 1 aromatic heterocycles. The standard InChI is InChI=1S/C9H10OS/c10-6-3-1-2-4-9-5-7-11-8-9/h2,4-8H,1,3H2. The summed E-state index contributed by atoms with van der Waals surface area (Å²) in [6.07, 6.45) is 6.48. The number of carbonyl (C=O) groups is 1. The number of hydrogen-bond acceptors (Lipinski definition) is 2. The molecule has 1 aromatic rings. The first kappa shape index (κ1) is 8.21. The largest absolute Gasteiger partial charge is 0.303 e. The van der Waals surface area contributed by atoms with Gasteiger partial charge in [-0.15, -0.1) is 0 Å².